The van der Waals surface area contributed by atoms with Crippen LogP contribution in [0.5, 0.6) is 0 Å². The van der Waals surface area contributed by atoms with E-state index in [0.717, 1.165) is 11.8 Å². The second kappa shape index (κ2) is 2.52. The molecule has 3 fully saturated rings. The Bertz CT molecular complexity index is 236. The summed E-state index contributed by atoms with van der Waals surface area (Å²) in [5.74, 6) is 2.86. The Morgan fingerprint density at radius 3 is 2.77 bits per heavy atom. The highest BCUT2D eigenvalue weighted by molar-refractivity contribution is 9.09. The highest BCUT2D eigenvalue weighted by Crippen LogP contribution is 2.61. The van der Waals surface area contributed by atoms with Crippen LogP contribution in [0.2, 0.25) is 0 Å². The third kappa shape index (κ3) is 1.02. The van der Waals surface area contributed by atoms with Crippen LogP contribution in [0.25, 0.3) is 0 Å². The molecule has 3 aliphatic carbocycles. The van der Waals surface area contributed by atoms with Crippen LogP contribution in [0.15, 0.2) is 0 Å². The SMILES string of the molecule is C[C@]1(O)[C@H]2C[C@@H]3C[C@H](C2)[C@H]1[C@@H](Br)C3. The number of rotatable bonds is 0. The zero-order valence-electron chi connectivity index (χ0n) is 8.04. The Hall–Kier alpha value is 0.440. The molecule has 0 radical (unpaired) electrons. The van der Waals surface area contributed by atoms with Crippen molar-refractivity contribution in [1.29, 1.82) is 0 Å². The summed E-state index contributed by atoms with van der Waals surface area (Å²) in [7, 11) is 0. The van der Waals surface area contributed by atoms with Gasteiger partial charge in [0.2, 0.25) is 0 Å². The highest BCUT2D eigenvalue weighted by Gasteiger charge is 2.59. The average molecular weight is 245 g/mol. The molecule has 3 rings (SSSR count). The van der Waals surface area contributed by atoms with Gasteiger partial charge in [0.15, 0.2) is 0 Å². The number of fused-ring (bicyclic) bond motifs is 2. The fourth-order valence-electron chi connectivity index (χ4n) is 4.32. The van der Waals surface area contributed by atoms with E-state index in [0.29, 0.717) is 16.7 Å². The topological polar surface area (TPSA) is 20.2 Å². The number of halogens is 1. The largest absolute Gasteiger partial charge is 0.390 e. The first-order valence-electron chi connectivity index (χ1n) is 5.45. The quantitative estimate of drug-likeness (QED) is 0.650. The summed E-state index contributed by atoms with van der Waals surface area (Å²) < 4.78 is 0. The first kappa shape index (κ1) is 8.72. The van der Waals surface area contributed by atoms with Gasteiger partial charge in [-0.3, -0.25) is 0 Å². The number of aliphatic hydroxyl groups is 1. The van der Waals surface area contributed by atoms with Crippen LogP contribution < -0.4 is 0 Å². The molecule has 0 heterocycles. The standard InChI is InChI=1S/C11H17BrO/c1-11(13)8-3-6-2-7(5-8)10(11)9(12)4-6/h6-10,13H,2-5H2,1H3/t6-,7+,8-,9-,10-,11-/m0/s1. The van der Waals surface area contributed by atoms with Gasteiger partial charge in [0.1, 0.15) is 0 Å². The molecule has 74 valence electrons. The third-order valence-electron chi connectivity index (χ3n) is 4.80. The lowest BCUT2D eigenvalue weighted by Gasteiger charge is -2.38. The summed E-state index contributed by atoms with van der Waals surface area (Å²) in [5.41, 5.74) is -0.371. The summed E-state index contributed by atoms with van der Waals surface area (Å²) in [6.07, 6.45) is 5.26. The van der Waals surface area contributed by atoms with Gasteiger partial charge in [-0.05, 0) is 50.4 Å². The van der Waals surface area contributed by atoms with E-state index in [1.807, 2.05) is 0 Å². The lowest BCUT2D eigenvalue weighted by Crippen LogP contribution is -2.41. The van der Waals surface area contributed by atoms with Crippen molar-refractivity contribution in [2.24, 2.45) is 23.7 Å². The van der Waals surface area contributed by atoms with E-state index in [1.165, 1.54) is 25.7 Å². The van der Waals surface area contributed by atoms with Gasteiger partial charge in [-0.2, -0.15) is 0 Å². The minimum Gasteiger partial charge on any atom is -0.390 e. The zero-order chi connectivity index (χ0) is 9.22. The molecule has 0 amide bonds. The summed E-state index contributed by atoms with van der Waals surface area (Å²) >= 11 is 3.78. The van der Waals surface area contributed by atoms with Gasteiger partial charge < -0.3 is 5.11 Å². The molecule has 2 heteroatoms. The van der Waals surface area contributed by atoms with Crippen molar-refractivity contribution in [2.75, 3.05) is 0 Å². The van der Waals surface area contributed by atoms with Gasteiger partial charge in [-0.25, -0.2) is 0 Å². The molecule has 1 nitrogen and oxygen atoms in total. The van der Waals surface area contributed by atoms with Gasteiger partial charge in [0.05, 0.1) is 5.60 Å². The van der Waals surface area contributed by atoms with Crippen LogP contribution >= 0.6 is 15.9 Å². The first-order chi connectivity index (χ1) is 6.09. The third-order valence-corrected chi connectivity index (χ3v) is 5.74. The van der Waals surface area contributed by atoms with Crippen molar-refractivity contribution < 1.29 is 5.11 Å². The Balaban J connectivity index is 2.04. The van der Waals surface area contributed by atoms with Crippen LogP contribution in [-0.4, -0.2) is 15.5 Å². The Morgan fingerprint density at radius 1 is 1.23 bits per heavy atom. The second-order valence-electron chi connectivity index (χ2n) is 5.53. The van der Waals surface area contributed by atoms with E-state index in [-0.39, 0.29) is 5.60 Å². The Kier molecular flexibility index (Phi) is 1.69. The van der Waals surface area contributed by atoms with Crippen LogP contribution in [0.1, 0.15) is 32.6 Å². The van der Waals surface area contributed by atoms with Crippen LogP contribution in [0.4, 0.5) is 0 Å². The fourth-order valence-corrected chi connectivity index (χ4v) is 5.82. The molecule has 0 saturated heterocycles. The van der Waals surface area contributed by atoms with Crippen molar-refractivity contribution in [1.82, 2.24) is 0 Å². The molecule has 6 atom stereocenters. The zero-order valence-corrected chi connectivity index (χ0v) is 9.63. The minimum atomic E-state index is -0.371. The van der Waals surface area contributed by atoms with E-state index >= 15 is 0 Å². The lowest BCUT2D eigenvalue weighted by atomic mass is 9.72. The van der Waals surface area contributed by atoms with Crippen LogP contribution in [0.3, 0.4) is 0 Å². The van der Waals surface area contributed by atoms with Crippen LogP contribution in [0, 0.1) is 23.7 Å². The Labute approximate surface area is 88.0 Å². The molecule has 0 aromatic carbocycles. The van der Waals surface area contributed by atoms with Gasteiger partial charge >= 0.3 is 0 Å². The van der Waals surface area contributed by atoms with Gasteiger partial charge in [-0.15, -0.1) is 0 Å². The molecular weight excluding hydrogens is 228 g/mol. The molecule has 0 aromatic heterocycles. The summed E-state index contributed by atoms with van der Waals surface area (Å²) in [5, 5.41) is 10.5. The van der Waals surface area contributed by atoms with E-state index in [9.17, 15) is 5.11 Å². The molecule has 3 aliphatic rings. The first-order valence-corrected chi connectivity index (χ1v) is 6.37. The summed E-state index contributed by atoms with van der Waals surface area (Å²) in [6, 6.07) is 0. The average Bonchev–Trinajstić information content (AvgIpc) is 2.14. The smallest absolute Gasteiger partial charge is 0.0689 e. The van der Waals surface area contributed by atoms with Gasteiger partial charge in [0.25, 0.3) is 0 Å². The Morgan fingerprint density at radius 2 is 2.00 bits per heavy atom. The maximum Gasteiger partial charge on any atom is 0.0689 e. The van der Waals surface area contributed by atoms with Crippen molar-refractivity contribution in [3.8, 4) is 0 Å². The number of alkyl halides is 1. The molecule has 3 bridgehead atoms. The summed E-state index contributed by atoms with van der Waals surface area (Å²) in [4.78, 5) is 0.582. The molecular formula is C11H17BrO. The molecule has 0 unspecified atom stereocenters. The monoisotopic (exact) mass is 244 g/mol. The van der Waals surface area contributed by atoms with Crippen LogP contribution in [-0.2, 0) is 0 Å². The second-order valence-corrected chi connectivity index (χ2v) is 6.71. The summed E-state index contributed by atoms with van der Waals surface area (Å²) in [6.45, 7) is 2.07. The van der Waals surface area contributed by atoms with Crippen molar-refractivity contribution in [3.63, 3.8) is 0 Å². The predicted molar refractivity (Wildman–Crippen MR) is 55.8 cm³/mol. The van der Waals surface area contributed by atoms with Gasteiger partial charge in [-0.1, -0.05) is 15.9 Å². The molecule has 0 spiro atoms. The van der Waals surface area contributed by atoms with Crippen molar-refractivity contribution >= 4 is 15.9 Å². The van der Waals surface area contributed by atoms with E-state index in [1.54, 1.807) is 0 Å². The van der Waals surface area contributed by atoms with E-state index in [2.05, 4.69) is 22.9 Å². The minimum absolute atomic E-state index is 0.371. The molecule has 13 heavy (non-hydrogen) atoms. The van der Waals surface area contributed by atoms with E-state index < -0.39 is 0 Å². The fraction of sp³-hybridized carbons (Fsp3) is 1.00. The molecule has 3 saturated carbocycles. The number of hydrogen-bond donors (Lipinski definition) is 1. The molecule has 0 aromatic rings. The molecule has 0 aliphatic heterocycles. The highest BCUT2D eigenvalue weighted by atomic mass is 79.9. The normalized spacial score (nSPS) is 64.4. The predicted octanol–water partition coefficient (Wildman–Crippen LogP) is 2.57. The van der Waals surface area contributed by atoms with E-state index in [4.69, 9.17) is 0 Å². The lowest BCUT2D eigenvalue weighted by molar-refractivity contribution is -0.0171. The number of hydrogen-bond acceptors (Lipinski definition) is 1. The maximum absolute atomic E-state index is 10.5. The molecule has 1 N–H and O–H groups in total. The van der Waals surface area contributed by atoms with Crippen molar-refractivity contribution in [2.45, 2.75) is 43.0 Å². The maximum atomic E-state index is 10.5. The van der Waals surface area contributed by atoms with Crippen molar-refractivity contribution in [3.05, 3.63) is 0 Å². The van der Waals surface area contributed by atoms with Gasteiger partial charge in [0, 0.05) is 10.7 Å².